The number of aromatic amines is 1. The second kappa shape index (κ2) is 2.95. The summed E-state index contributed by atoms with van der Waals surface area (Å²) in [5, 5.41) is 0.271. The Hall–Kier alpha value is -1.10. The Labute approximate surface area is 80.8 Å². The number of rotatable bonds is 1. The van der Waals surface area contributed by atoms with Crippen LogP contribution >= 0.6 is 10.8 Å². The zero-order valence-electron chi connectivity index (χ0n) is 7.35. The van der Waals surface area contributed by atoms with Crippen LogP contribution in [0.1, 0.15) is 0 Å². The lowest BCUT2D eigenvalue weighted by Crippen LogP contribution is -1.81. The summed E-state index contributed by atoms with van der Waals surface area (Å²) < 4.78 is 39.0. The van der Waals surface area contributed by atoms with Gasteiger partial charge in [0, 0.05) is 23.4 Å². The summed E-state index contributed by atoms with van der Waals surface area (Å²) in [6, 6.07) is 3.83. The summed E-state index contributed by atoms with van der Waals surface area (Å²) in [4.78, 5) is 2.61. The molecule has 5 heteroatoms. The van der Waals surface area contributed by atoms with Crippen molar-refractivity contribution in [2.45, 2.75) is 4.90 Å². The van der Waals surface area contributed by atoms with Gasteiger partial charge in [0.2, 0.25) is 0 Å². The average molecular weight is 219 g/mol. The molecule has 0 amide bonds. The molecule has 76 valence electrons. The highest BCUT2D eigenvalue weighted by molar-refractivity contribution is 8.24. The fourth-order valence-electron chi connectivity index (χ4n) is 1.36. The van der Waals surface area contributed by atoms with Crippen LogP contribution in [0.2, 0.25) is 0 Å². The van der Waals surface area contributed by atoms with E-state index in [1.807, 2.05) is 0 Å². The normalized spacial score (nSPS) is 13.4. The molecule has 0 aliphatic heterocycles. The molecule has 0 fully saturated rings. The molecule has 1 heterocycles. The van der Waals surface area contributed by atoms with Gasteiger partial charge < -0.3 is 4.98 Å². The van der Waals surface area contributed by atoms with E-state index in [0.29, 0.717) is 5.52 Å². The van der Waals surface area contributed by atoms with E-state index in [1.54, 1.807) is 0 Å². The van der Waals surface area contributed by atoms with Crippen LogP contribution in [0.5, 0.6) is 0 Å². The van der Waals surface area contributed by atoms with Gasteiger partial charge in [-0.05, 0) is 18.2 Å². The van der Waals surface area contributed by atoms with Crippen molar-refractivity contribution in [1.82, 2.24) is 4.98 Å². The van der Waals surface area contributed by atoms with Gasteiger partial charge in [0.1, 0.15) is 5.82 Å². The van der Waals surface area contributed by atoms with Gasteiger partial charge >= 0.3 is 0 Å². The summed E-state index contributed by atoms with van der Waals surface area (Å²) in [5.41, 5.74) is 0.537. The van der Waals surface area contributed by atoms with Crippen molar-refractivity contribution < 1.29 is 12.2 Å². The molecule has 14 heavy (non-hydrogen) atoms. The van der Waals surface area contributed by atoms with E-state index < -0.39 is 16.6 Å². The van der Waals surface area contributed by atoms with Crippen molar-refractivity contribution in [2.75, 3.05) is 6.26 Å². The Morgan fingerprint density at radius 1 is 1.29 bits per heavy atom. The van der Waals surface area contributed by atoms with Gasteiger partial charge in [0.15, 0.2) is 0 Å². The van der Waals surface area contributed by atoms with Gasteiger partial charge in [0.05, 0.1) is 15.7 Å². The first-order valence-corrected chi connectivity index (χ1v) is 5.77. The molecule has 2 rings (SSSR count). The number of hydrogen-bond donors (Lipinski definition) is 1. The Bertz CT molecular complexity index is 472. The second-order valence-corrected chi connectivity index (χ2v) is 4.96. The SMILES string of the molecule is CS(F)(F)c1c[nH]c2ccc(F)cc12. The van der Waals surface area contributed by atoms with Crippen molar-refractivity contribution in [2.24, 2.45) is 0 Å². The third-order valence-corrected chi connectivity index (χ3v) is 3.10. The van der Waals surface area contributed by atoms with E-state index in [2.05, 4.69) is 4.98 Å². The molecule has 0 aliphatic carbocycles. The van der Waals surface area contributed by atoms with Crippen LogP contribution in [0, 0.1) is 5.82 Å². The topological polar surface area (TPSA) is 15.8 Å². The number of aromatic nitrogens is 1. The van der Waals surface area contributed by atoms with Crippen LogP contribution in [-0.4, -0.2) is 11.2 Å². The molecule has 1 aromatic carbocycles. The molecule has 1 N–H and O–H groups in total. The van der Waals surface area contributed by atoms with Crippen molar-refractivity contribution in [1.29, 1.82) is 0 Å². The van der Waals surface area contributed by atoms with Crippen LogP contribution < -0.4 is 0 Å². The summed E-state index contributed by atoms with van der Waals surface area (Å²) in [7, 11) is -3.80. The van der Waals surface area contributed by atoms with Crippen molar-refractivity contribution in [3.8, 4) is 0 Å². The molecule has 2 aromatic rings. The third kappa shape index (κ3) is 1.48. The van der Waals surface area contributed by atoms with Crippen molar-refractivity contribution in [3.63, 3.8) is 0 Å². The molecular weight excluding hydrogens is 211 g/mol. The summed E-state index contributed by atoms with van der Waals surface area (Å²) >= 11 is 0. The number of fused-ring (bicyclic) bond motifs is 1. The number of H-pyrrole nitrogens is 1. The maximum Gasteiger partial charge on any atom is 0.124 e. The number of hydrogen-bond acceptors (Lipinski definition) is 0. The fourth-order valence-corrected chi connectivity index (χ4v) is 2.18. The van der Waals surface area contributed by atoms with Crippen LogP contribution in [-0.2, 0) is 0 Å². The minimum absolute atomic E-state index is 0.0907. The van der Waals surface area contributed by atoms with E-state index in [-0.39, 0.29) is 10.3 Å². The van der Waals surface area contributed by atoms with E-state index in [0.717, 1.165) is 12.3 Å². The molecule has 0 saturated carbocycles. The summed E-state index contributed by atoms with van der Waals surface area (Å²) in [5.74, 6) is -0.498. The largest absolute Gasteiger partial charge is 0.360 e. The number of nitrogens with one attached hydrogen (secondary N) is 1. The lowest BCUT2D eigenvalue weighted by Gasteiger charge is -2.12. The van der Waals surface area contributed by atoms with Crippen molar-refractivity contribution in [3.05, 3.63) is 30.2 Å². The maximum atomic E-state index is 13.1. The van der Waals surface area contributed by atoms with Crippen molar-refractivity contribution >= 4 is 21.7 Å². The zero-order chi connectivity index (χ0) is 10.3. The van der Waals surface area contributed by atoms with Gasteiger partial charge in [-0.25, -0.2) is 4.39 Å². The zero-order valence-corrected chi connectivity index (χ0v) is 8.17. The van der Waals surface area contributed by atoms with Gasteiger partial charge in [-0.3, -0.25) is 0 Å². The smallest absolute Gasteiger partial charge is 0.124 e. The highest BCUT2D eigenvalue weighted by Crippen LogP contribution is 2.57. The van der Waals surface area contributed by atoms with E-state index in [1.165, 1.54) is 18.3 Å². The first-order chi connectivity index (χ1) is 6.48. The highest BCUT2D eigenvalue weighted by atomic mass is 32.3. The van der Waals surface area contributed by atoms with Gasteiger partial charge in [0.25, 0.3) is 0 Å². The molecule has 0 aliphatic rings. The Morgan fingerprint density at radius 2 is 2.00 bits per heavy atom. The van der Waals surface area contributed by atoms with E-state index in [4.69, 9.17) is 0 Å². The molecule has 0 bridgehead atoms. The van der Waals surface area contributed by atoms with Gasteiger partial charge in [-0.2, -0.15) is 7.77 Å². The standard InChI is InChI=1S/C9H8F3NS/c1-14(11,12)9-5-13-8-3-2-6(10)4-7(8)9/h2-5,13H,1H3. The minimum atomic E-state index is -3.80. The second-order valence-electron chi connectivity index (χ2n) is 3.07. The Balaban J connectivity index is 2.73. The quantitative estimate of drug-likeness (QED) is 0.749. The van der Waals surface area contributed by atoms with Gasteiger partial charge in [-0.15, -0.1) is 0 Å². The number of benzene rings is 1. The molecule has 0 spiro atoms. The predicted octanol–water partition coefficient (Wildman–Crippen LogP) is 3.87. The van der Waals surface area contributed by atoms with E-state index >= 15 is 0 Å². The Kier molecular flexibility index (Phi) is 1.99. The lowest BCUT2D eigenvalue weighted by molar-refractivity contribution is 0.629. The van der Waals surface area contributed by atoms with Crippen LogP contribution in [0.25, 0.3) is 10.9 Å². The first kappa shape index (κ1) is 9.45. The highest BCUT2D eigenvalue weighted by Gasteiger charge is 2.22. The summed E-state index contributed by atoms with van der Waals surface area (Å²) in [6.07, 6.45) is 2.12. The molecular formula is C9H8F3NS. The lowest BCUT2D eigenvalue weighted by atomic mass is 10.2. The van der Waals surface area contributed by atoms with Crippen LogP contribution in [0.15, 0.2) is 29.3 Å². The van der Waals surface area contributed by atoms with E-state index in [9.17, 15) is 12.2 Å². The predicted molar refractivity (Wildman–Crippen MR) is 52.3 cm³/mol. The Morgan fingerprint density at radius 3 is 2.64 bits per heavy atom. The molecule has 0 unspecified atom stereocenters. The van der Waals surface area contributed by atoms with Crippen LogP contribution in [0.4, 0.5) is 12.2 Å². The molecule has 0 saturated heterocycles. The van der Waals surface area contributed by atoms with Crippen LogP contribution in [0.3, 0.4) is 0 Å². The summed E-state index contributed by atoms with van der Waals surface area (Å²) in [6.45, 7) is 0. The third-order valence-electron chi connectivity index (χ3n) is 1.99. The molecule has 0 atom stereocenters. The fraction of sp³-hybridized carbons (Fsp3) is 0.111. The first-order valence-electron chi connectivity index (χ1n) is 3.93. The molecule has 1 aromatic heterocycles. The van der Waals surface area contributed by atoms with Gasteiger partial charge in [-0.1, -0.05) is 0 Å². The molecule has 0 radical (unpaired) electrons. The monoisotopic (exact) mass is 219 g/mol. The number of halogens is 3. The maximum absolute atomic E-state index is 13.1. The average Bonchev–Trinajstić information content (AvgIpc) is 2.45. The minimum Gasteiger partial charge on any atom is -0.360 e. The molecule has 1 nitrogen and oxygen atoms in total.